The van der Waals surface area contributed by atoms with Gasteiger partial charge in [0.1, 0.15) is 11.8 Å². The molecule has 0 aliphatic carbocycles. The highest BCUT2D eigenvalue weighted by Gasteiger charge is 2.13. The summed E-state index contributed by atoms with van der Waals surface area (Å²) in [6.07, 6.45) is -0.599. The van der Waals surface area contributed by atoms with Gasteiger partial charge < -0.3 is 19.5 Å². The first kappa shape index (κ1) is 14.3. The zero-order valence-electron chi connectivity index (χ0n) is 10.9. The Morgan fingerprint density at radius 2 is 2.17 bits per heavy atom. The van der Waals surface area contributed by atoms with E-state index in [-0.39, 0.29) is 6.61 Å². The van der Waals surface area contributed by atoms with Gasteiger partial charge in [0.25, 0.3) is 0 Å². The summed E-state index contributed by atoms with van der Waals surface area (Å²) >= 11 is 0. The van der Waals surface area contributed by atoms with Crippen LogP contribution in [-0.2, 0) is 4.74 Å². The Hall–Kier alpha value is -1.77. The van der Waals surface area contributed by atoms with Gasteiger partial charge in [-0.2, -0.15) is 5.26 Å². The summed E-state index contributed by atoms with van der Waals surface area (Å²) in [7, 11) is 4.93. The lowest BCUT2D eigenvalue weighted by atomic mass is 10.1. The van der Waals surface area contributed by atoms with Gasteiger partial charge in [0.15, 0.2) is 0 Å². The van der Waals surface area contributed by atoms with Crippen molar-refractivity contribution in [3.05, 3.63) is 23.8 Å². The van der Waals surface area contributed by atoms with Crippen LogP contribution < -0.4 is 9.64 Å². The fraction of sp³-hybridized carbons (Fsp3) is 0.462. The fourth-order valence-corrected chi connectivity index (χ4v) is 1.71. The number of nitrogens with zero attached hydrogens (tertiary/aromatic N) is 2. The van der Waals surface area contributed by atoms with Gasteiger partial charge in [-0.3, -0.25) is 0 Å². The van der Waals surface area contributed by atoms with Gasteiger partial charge in [0, 0.05) is 26.8 Å². The SMILES string of the molecule is COCC(O)CN(C)c1cc(OC)ccc1C#N. The third-order valence-electron chi connectivity index (χ3n) is 2.58. The molecule has 98 valence electrons. The van der Waals surface area contributed by atoms with Crippen molar-refractivity contribution < 1.29 is 14.6 Å². The van der Waals surface area contributed by atoms with E-state index < -0.39 is 6.10 Å². The molecule has 1 rings (SSSR count). The van der Waals surface area contributed by atoms with Gasteiger partial charge >= 0.3 is 0 Å². The average molecular weight is 250 g/mol. The first-order valence-electron chi connectivity index (χ1n) is 5.58. The predicted octanol–water partition coefficient (Wildman–Crippen LogP) is 1.01. The van der Waals surface area contributed by atoms with Crippen LogP contribution in [0.5, 0.6) is 5.75 Å². The Labute approximate surface area is 107 Å². The Bertz CT molecular complexity index is 429. The zero-order chi connectivity index (χ0) is 13.5. The largest absolute Gasteiger partial charge is 0.497 e. The number of anilines is 1. The van der Waals surface area contributed by atoms with Crippen molar-refractivity contribution in [3.63, 3.8) is 0 Å². The van der Waals surface area contributed by atoms with Gasteiger partial charge in [-0.15, -0.1) is 0 Å². The van der Waals surface area contributed by atoms with Gasteiger partial charge in [-0.25, -0.2) is 0 Å². The number of ether oxygens (including phenoxy) is 2. The summed E-state index contributed by atoms with van der Waals surface area (Å²) in [6.45, 7) is 0.645. The molecule has 0 aromatic heterocycles. The summed E-state index contributed by atoms with van der Waals surface area (Å²) in [5, 5.41) is 18.8. The molecule has 0 aliphatic rings. The summed E-state index contributed by atoms with van der Waals surface area (Å²) in [6, 6.07) is 7.34. The molecular weight excluding hydrogens is 232 g/mol. The van der Waals surface area contributed by atoms with Crippen molar-refractivity contribution in [2.45, 2.75) is 6.10 Å². The van der Waals surface area contributed by atoms with E-state index in [1.807, 2.05) is 11.9 Å². The van der Waals surface area contributed by atoms with Gasteiger partial charge in [-0.05, 0) is 12.1 Å². The lowest BCUT2D eigenvalue weighted by Gasteiger charge is -2.23. The van der Waals surface area contributed by atoms with E-state index in [0.29, 0.717) is 17.9 Å². The molecule has 0 spiro atoms. The van der Waals surface area contributed by atoms with Crippen molar-refractivity contribution in [3.8, 4) is 11.8 Å². The molecule has 1 unspecified atom stereocenters. The number of hydrogen-bond donors (Lipinski definition) is 1. The van der Waals surface area contributed by atoms with E-state index in [1.165, 1.54) is 7.11 Å². The molecule has 18 heavy (non-hydrogen) atoms. The molecule has 1 aromatic rings. The highest BCUT2D eigenvalue weighted by molar-refractivity contribution is 5.61. The fourth-order valence-electron chi connectivity index (χ4n) is 1.71. The third kappa shape index (κ3) is 3.62. The third-order valence-corrected chi connectivity index (χ3v) is 2.58. The first-order valence-corrected chi connectivity index (χ1v) is 5.58. The van der Waals surface area contributed by atoms with Crippen molar-refractivity contribution in [1.29, 1.82) is 5.26 Å². The molecule has 1 atom stereocenters. The Kier molecular flexibility index (Phi) is 5.43. The quantitative estimate of drug-likeness (QED) is 0.816. The highest BCUT2D eigenvalue weighted by Crippen LogP contribution is 2.24. The molecule has 1 aromatic carbocycles. The normalized spacial score (nSPS) is 11.7. The smallest absolute Gasteiger partial charge is 0.121 e. The molecule has 0 saturated carbocycles. The van der Waals surface area contributed by atoms with Crippen LogP contribution in [0.4, 0.5) is 5.69 Å². The van der Waals surface area contributed by atoms with Crippen LogP contribution in [0.2, 0.25) is 0 Å². The molecule has 5 nitrogen and oxygen atoms in total. The van der Waals surface area contributed by atoms with Gasteiger partial charge in [0.2, 0.25) is 0 Å². The van der Waals surface area contributed by atoms with Crippen LogP contribution in [-0.4, -0.2) is 45.6 Å². The molecule has 0 aliphatic heterocycles. The topological polar surface area (TPSA) is 65.7 Å². The van der Waals surface area contributed by atoms with Crippen LogP contribution >= 0.6 is 0 Å². The maximum absolute atomic E-state index is 9.69. The average Bonchev–Trinajstić information content (AvgIpc) is 2.38. The molecule has 5 heteroatoms. The van der Waals surface area contributed by atoms with Crippen molar-refractivity contribution in [2.75, 3.05) is 39.3 Å². The standard InChI is InChI=1S/C13H18N2O3/c1-15(8-11(16)9-17-2)13-6-12(18-3)5-4-10(13)7-14/h4-6,11,16H,8-9H2,1-3H3. The first-order chi connectivity index (χ1) is 8.62. The summed E-state index contributed by atoms with van der Waals surface area (Å²) in [5.74, 6) is 0.678. The second-order valence-electron chi connectivity index (χ2n) is 3.98. The maximum atomic E-state index is 9.69. The molecule has 0 amide bonds. The van der Waals surface area contributed by atoms with Gasteiger partial charge in [0.05, 0.1) is 31.1 Å². The number of benzene rings is 1. The van der Waals surface area contributed by atoms with Crippen LogP contribution in [0.15, 0.2) is 18.2 Å². The van der Waals surface area contributed by atoms with Crippen molar-refractivity contribution >= 4 is 5.69 Å². The van der Waals surface area contributed by atoms with Crippen LogP contribution in [0, 0.1) is 11.3 Å². The van der Waals surface area contributed by atoms with Crippen LogP contribution in [0.3, 0.4) is 0 Å². The van der Waals surface area contributed by atoms with E-state index in [9.17, 15) is 5.11 Å². The summed E-state index contributed by atoms with van der Waals surface area (Å²) in [4.78, 5) is 1.81. The van der Waals surface area contributed by atoms with Crippen molar-refractivity contribution in [1.82, 2.24) is 0 Å². The number of nitriles is 1. The van der Waals surface area contributed by atoms with E-state index in [0.717, 1.165) is 5.69 Å². The Morgan fingerprint density at radius 1 is 1.44 bits per heavy atom. The summed E-state index contributed by atoms with van der Waals surface area (Å²) in [5.41, 5.74) is 1.27. The zero-order valence-corrected chi connectivity index (χ0v) is 10.9. The summed E-state index contributed by atoms with van der Waals surface area (Å²) < 4.78 is 10.0. The molecule has 0 fully saturated rings. The minimum absolute atomic E-state index is 0.260. The predicted molar refractivity (Wildman–Crippen MR) is 68.9 cm³/mol. The molecule has 0 saturated heterocycles. The second kappa shape index (κ2) is 6.84. The minimum Gasteiger partial charge on any atom is -0.497 e. The van der Waals surface area contributed by atoms with E-state index in [4.69, 9.17) is 14.7 Å². The molecule has 0 radical (unpaired) electrons. The lowest BCUT2D eigenvalue weighted by molar-refractivity contribution is 0.0695. The highest BCUT2D eigenvalue weighted by atomic mass is 16.5. The number of likely N-dealkylation sites (N-methyl/N-ethyl adjacent to an activating group) is 1. The second-order valence-corrected chi connectivity index (χ2v) is 3.98. The molecule has 1 N–H and O–H groups in total. The van der Waals surface area contributed by atoms with E-state index in [2.05, 4.69) is 6.07 Å². The van der Waals surface area contributed by atoms with E-state index >= 15 is 0 Å². The number of methoxy groups -OCH3 is 2. The number of rotatable bonds is 6. The van der Waals surface area contributed by atoms with Crippen LogP contribution in [0.25, 0.3) is 0 Å². The van der Waals surface area contributed by atoms with Gasteiger partial charge in [-0.1, -0.05) is 0 Å². The monoisotopic (exact) mass is 250 g/mol. The number of aliphatic hydroxyl groups excluding tert-OH is 1. The molecule has 0 bridgehead atoms. The molecular formula is C13H18N2O3. The lowest BCUT2D eigenvalue weighted by Crippen LogP contribution is -2.32. The maximum Gasteiger partial charge on any atom is 0.121 e. The van der Waals surface area contributed by atoms with Crippen molar-refractivity contribution in [2.24, 2.45) is 0 Å². The Morgan fingerprint density at radius 3 is 2.72 bits per heavy atom. The number of hydrogen-bond acceptors (Lipinski definition) is 5. The van der Waals surface area contributed by atoms with Crippen LogP contribution in [0.1, 0.15) is 5.56 Å². The van der Waals surface area contributed by atoms with E-state index in [1.54, 1.807) is 25.3 Å². The Balaban J connectivity index is 2.89. The minimum atomic E-state index is -0.599. The number of aliphatic hydroxyl groups is 1. The molecule has 0 heterocycles.